The van der Waals surface area contributed by atoms with E-state index in [9.17, 15) is 0 Å². The minimum atomic E-state index is -0.155. The van der Waals surface area contributed by atoms with Gasteiger partial charge >= 0.3 is 0 Å². The van der Waals surface area contributed by atoms with Crippen LogP contribution in [0.1, 0.15) is 25.0 Å². The predicted molar refractivity (Wildman–Crippen MR) is 314 cm³/mol. The molecule has 0 amide bonds. The van der Waals surface area contributed by atoms with E-state index in [1.165, 1.54) is 94.2 Å². The molecule has 0 spiro atoms. The first-order chi connectivity index (χ1) is 36.5. The average Bonchev–Trinajstić information content (AvgIpc) is 3.75. The van der Waals surface area contributed by atoms with E-state index >= 15 is 0 Å². The lowest BCUT2D eigenvalue weighted by Gasteiger charge is -2.32. The SMILES string of the molecule is CC1(C)c2ccccc2-c2c(-c3cccc(N(c4ccc5cccc(-c6ccccc6)c5c4)c4ccccc4-c4ccc(-c5ccccc5)c(-c5ccccc5)c4)c3-c3ccc(-c4ccccc4)cc3)cccc21. The molecule has 350 valence electrons. The van der Waals surface area contributed by atoms with Crippen LogP contribution in [-0.4, -0.2) is 0 Å². The molecule has 0 radical (unpaired) electrons. The van der Waals surface area contributed by atoms with Gasteiger partial charge in [-0.05, 0) is 130 Å². The van der Waals surface area contributed by atoms with Gasteiger partial charge in [0.25, 0.3) is 0 Å². The summed E-state index contributed by atoms with van der Waals surface area (Å²) in [6, 6.07) is 105. The Bertz CT molecular complexity index is 4000. The molecule has 1 aliphatic carbocycles. The third kappa shape index (κ3) is 7.82. The molecule has 74 heavy (non-hydrogen) atoms. The summed E-state index contributed by atoms with van der Waals surface area (Å²) in [6.45, 7) is 4.75. The molecular weight excluding hydrogens is 891 g/mol. The third-order valence-corrected chi connectivity index (χ3v) is 15.3. The van der Waals surface area contributed by atoms with Gasteiger partial charge in [-0.15, -0.1) is 0 Å². The first kappa shape index (κ1) is 44.6. The number of para-hydroxylation sites is 1. The molecule has 0 bridgehead atoms. The van der Waals surface area contributed by atoms with E-state index < -0.39 is 0 Å². The number of anilines is 3. The Kier molecular flexibility index (Phi) is 11.3. The highest BCUT2D eigenvalue weighted by molar-refractivity contribution is 6.06. The Labute approximate surface area is 435 Å². The number of fused-ring (bicyclic) bond motifs is 4. The van der Waals surface area contributed by atoms with Crippen LogP contribution in [0.2, 0.25) is 0 Å². The largest absolute Gasteiger partial charge is 0.309 e. The van der Waals surface area contributed by atoms with Gasteiger partial charge in [0, 0.05) is 22.2 Å². The minimum absolute atomic E-state index is 0.155. The van der Waals surface area contributed by atoms with Gasteiger partial charge in [0.05, 0.1) is 11.4 Å². The molecular formula is C73H53N. The highest BCUT2D eigenvalue weighted by atomic mass is 15.1. The quantitative estimate of drug-likeness (QED) is 0.132. The van der Waals surface area contributed by atoms with Crippen LogP contribution >= 0.6 is 0 Å². The molecule has 0 unspecified atom stereocenters. The molecule has 1 aliphatic rings. The Hall–Kier alpha value is -9.30. The van der Waals surface area contributed by atoms with Gasteiger partial charge in [-0.3, -0.25) is 0 Å². The summed E-state index contributed by atoms with van der Waals surface area (Å²) >= 11 is 0. The summed E-state index contributed by atoms with van der Waals surface area (Å²) in [5.41, 5.74) is 24.9. The van der Waals surface area contributed by atoms with E-state index in [-0.39, 0.29) is 5.41 Å². The van der Waals surface area contributed by atoms with Crippen molar-refractivity contribution >= 4 is 27.8 Å². The number of hydrogen-bond acceptors (Lipinski definition) is 1. The molecule has 0 saturated heterocycles. The molecule has 12 aromatic rings. The van der Waals surface area contributed by atoms with Gasteiger partial charge < -0.3 is 4.90 Å². The van der Waals surface area contributed by atoms with Gasteiger partial charge in [0.2, 0.25) is 0 Å². The fraction of sp³-hybridized carbons (Fsp3) is 0.0411. The summed E-state index contributed by atoms with van der Waals surface area (Å²) in [5, 5.41) is 2.39. The van der Waals surface area contributed by atoms with Gasteiger partial charge in [-0.25, -0.2) is 0 Å². The second-order valence-electron chi connectivity index (χ2n) is 20.0. The van der Waals surface area contributed by atoms with Crippen LogP contribution in [0.15, 0.2) is 285 Å². The zero-order chi connectivity index (χ0) is 49.6. The van der Waals surface area contributed by atoms with Crippen molar-refractivity contribution in [2.75, 3.05) is 4.90 Å². The van der Waals surface area contributed by atoms with Crippen LogP contribution in [0.5, 0.6) is 0 Å². The summed E-state index contributed by atoms with van der Waals surface area (Å²) in [5.74, 6) is 0. The lowest BCUT2D eigenvalue weighted by atomic mass is 9.81. The molecule has 0 heterocycles. The van der Waals surface area contributed by atoms with E-state index in [1.807, 2.05) is 0 Å². The number of rotatable bonds is 10. The van der Waals surface area contributed by atoms with Crippen LogP contribution in [0.4, 0.5) is 17.1 Å². The molecule has 0 atom stereocenters. The Morgan fingerprint density at radius 3 is 1.43 bits per heavy atom. The standard InChI is InChI=1S/C73H53N/c1-73(2)67-36-17-15-32-64(67)72-63(34-20-37-68(72)73)62-35-21-39-70(71(62)56-42-40-51(41-43-56)50-22-7-3-8-23-50)74(58-46-44-55-30-19-33-59(66(55)49-58)52-24-9-4-10-25-52)69-38-18-16-31-61(69)57-45-47-60(53-26-11-5-12-27-53)65(48-57)54-28-13-6-14-29-54/h3-49H,1-2H3. The molecule has 1 heteroatoms. The van der Waals surface area contributed by atoms with Crippen LogP contribution in [0.3, 0.4) is 0 Å². The molecule has 13 rings (SSSR count). The van der Waals surface area contributed by atoms with Gasteiger partial charge in [0.1, 0.15) is 0 Å². The number of nitrogens with zero attached hydrogens (tertiary/aromatic N) is 1. The van der Waals surface area contributed by atoms with Gasteiger partial charge in [-0.1, -0.05) is 269 Å². The molecule has 0 fully saturated rings. The minimum Gasteiger partial charge on any atom is -0.309 e. The highest BCUT2D eigenvalue weighted by Gasteiger charge is 2.37. The van der Waals surface area contributed by atoms with Crippen molar-refractivity contribution in [3.63, 3.8) is 0 Å². The smallest absolute Gasteiger partial charge is 0.0546 e. The summed E-state index contributed by atoms with van der Waals surface area (Å²) in [4.78, 5) is 2.54. The maximum Gasteiger partial charge on any atom is 0.0546 e. The maximum absolute atomic E-state index is 2.54. The average molecular weight is 944 g/mol. The lowest BCUT2D eigenvalue weighted by molar-refractivity contribution is 0.660. The fourth-order valence-electron chi connectivity index (χ4n) is 11.7. The van der Waals surface area contributed by atoms with Crippen molar-refractivity contribution in [2.24, 2.45) is 0 Å². The molecule has 0 aliphatic heterocycles. The van der Waals surface area contributed by atoms with Crippen molar-refractivity contribution < 1.29 is 0 Å². The van der Waals surface area contributed by atoms with Crippen molar-refractivity contribution in [2.45, 2.75) is 19.3 Å². The predicted octanol–water partition coefficient (Wildman–Crippen LogP) is 20.3. The van der Waals surface area contributed by atoms with Crippen LogP contribution in [-0.2, 0) is 5.41 Å². The molecule has 1 nitrogen and oxygen atoms in total. The Balaban J connectivity index is 1.10. The molecule has 0 aromatic heterocycles. The number of benzene rings is 12. The molecule has 0 saturated carbocycles. The Morgan fingerprint density at radius 2 is 0.730 bits per heavy atom. The van der Waals surface area contributed by atoms with Gasteiger partial charge in [0.15, 0.2) is 0 Å². The van der Waals surface area contributed by atoms with Crippen LogP contribution in [0.25, 0.3) is 99.8 Å². The molecule has 0 N–H and O–H groups in total. The van der Waals surface area contributed by atoms with Crippen LogP contribution in [0, 0.1) is 0 Å². The zero-order valence-corrected chi connectivity index (χ0v) is 41.6. The highest BCUT2D eigenvalue weighted by Crippen LogP contribution is 2.55. The summed E-state index contributed by atoms with van der Waals surface area (Å²) < 4.78 is 0. The second kappa shape index (κ2) is 18.7. The van der Waals surface area contributed by atoms with Crippen molar-refractivity contribution in [3.05, 3.63) is 296 Å². The zero-order valence-electron chi connectivity index (χ0n) is 41.6. The Morgan fingerprint density at radius 1 is 0.257 bits per heavy atom. The van der Waals surface area contributed by atoms with Gasteiger partial charge in [-0.2, -0.15) is 0 Å². The summed E-state index contributed by atoms with van der Waals surface area (Å²) in [7, 11) is 0. The van der Waals surface area contributed by atoms with Crippen molar-refractivity contribution in [1.82, 2.24) is 0 Å². The van der Waals surface area contributed by atoms with Crippen molar-refractivity contribution in [3.8, 4) is 89.0 Å². The fourth-order valence-corrected chi connectivity index (χ4v) is 11.7. The third-order valence-electron chi connectivity index (χ3n) is 15.3. The first-order valence-corrected chi connectivity index (χ1v) is 25.7. The van der Waals surface area contributed by atoms with E-state index in [1.54, 1.807) is 0 Å². The number of hydrogen-bond donors (Lipinski definition) is 0. The van der Waals surface area contributed by atoms with Crippen LogP contribution < -0.4 is 4.90 Å². The normalized spacial score (nSPS) is 12.3. The molecule has 12 aromatic carbocycles. The van der Waals surface area contributed by atoms with E-state index in [2.05, 4.69) is 304 Å². The van der Waals surface area contributed by atoms with E-state index in [0.717, 1.165) is 33.8 Å². The maximum atomic E-state index is 2.54. The first-order valence-electron chi connectivity index (χ1n) is 25.7. The lowest BCUT2D eigenvalue weighted by Crippen LogP contribution is -2.14. The van der Waals surface area contributed by atoms with Crippen molar-refractivity contribution in [1.29, 1.82) is 0 Å². The van der Waals surface area contributed by atoms with E-state index in [0.29, 0.717) is 0 Å². The second-order valence-corrected chi connectivity index (χ2v) is 20.0. The topological polar surface area (TPSA) is 3.24 Å². The van der Waals surface area contributed by atoms with E-state index in [4.69, 9.17) is 0 Å². The monoisotopic (exact) mass is 943 g/mol. The summed E-state index contributed by atoms with van der Waals surface area (Å²) in [6.07, 6.45) is 0.